The Bertz CT molecular complexity index is 1060. The summed E-state index contributed by atoms with van der Waals surface area (Å²) in [6.07, 6.45) is 6.86. The lowest BCUT2D eigenvalue weighted by atomic mass is 10.0. The van der Waals surface area contributed by atoms with Crippen LogP contribution in [0.25, 0.3) is 21.3 Å². The molecule has 0 atom stereocenters. The first-order valence-electron chi connectivity index (χ1n) is 8.76. The Morgan fingerprint density at radius 1 is 1.33 bits per heavy atom. The Morgan fingerprint density at radius 3 is 2.81 bits per heavy atom. The topological polar surface area (TPSA) is 53.4 Å². The number of ether oxygens (including phenoxy) is 2. The molecule has 0 saturated heterocycles. The van der Waals surface area contributed by atoms with Gasteiger partial charge in [-0.05, 0) is 24.1 Å². The SMILES string of the molecule is C#CCn1c(CCOC)nc2sc(CC)c(-c3cccc(OC)c3)c2c1=O. The minimum Gasteiger partial charge on any atom is -0.497 e. The van der Waals surface area contributed by atoms with Crippen LogP contribution in [0.2, 0.25) is 0 Å². The smallest absolute Gasteiger partial charge is 0.263 e. The van der Waals surface area contributed by atoms with E-state index in [1.165, 1.54) is 0 Å². The molecule has 27 heavy (non-hydrogen) atoms. The van der Waals surface area contributed by atoms with Crippen LogP contribution in [0.1, 0.15) is 17.6 Å². The second-order valence-electron chi connectivity index (χ2n) is 6.03. The fraction of sp³-hybridized carbons (Fsp3) is 0.333. The minimum absolute atomic E-state index is 0.0992. The molecule has 0 fully saturated rings. The molecular formula is C21H22N2O3S. The van der Waals surface area contributed by atoms with Gasteiger partial charge in [0.2, 0.25) is 0 Å². The first-order chi connectivity index (χ1) is 13.1. The number of rotatable bonds is 7. The van der Waals surface area contributed by atoms with Gasteiger partial charge in [0.05, 0.1) is 25.6 Å². The monoisotopic (exact) mass is 382 g/mol. The van der Waals surface area contributed by atoms with Crippen molar-refractivity contribution in [3.05, 3.63) is 45.3 Å². The molecule has 0 aliphatic carbocycles. The molecule has 0 saturated carbocycles. The van der Waals surface area contributed by atoms with E-state index in [1.54, 1.807) is 30.1 Å². The van der Waals surface area contributed by atoms with Gasteiger partial charge in [-0.25, -0.2) is 4.98 Å². The molecule has 0 aliphatic rings. The number of fused-ring (bicyclic) bond motifs is 1. The quantitative estimate of drug-likeness (QED) is 0.587. The van der Waals surface area contributed by atoms with E-state index in [1.807, 2.05) is 24.3 Å². The Hall–Kier alpha value is -2.62. The van der Waals surface area contributed by atoms with Crippen LogP contribution >= 0.6 is 11.3 Å². The van der Waals surface area contributed by atoms with Crippen LogP contribution in [0, 0.1) is 12.3 Å². The Labute approximate surface area is 162 Å². The van der Waals surface area contributed by atoms with E-state index in [0.29, 0.717) is 24.2 Å². The highest BCUT2D eigenvalue weighted by atomic mass is 32.1. The molecule has 2 heterocycles. The van der Waals surface area contributed by atoms with Crippen molar-refractivity contribution in [2.24, 2.45) is 0 Å². The van der Waals surface area contributed by atoms with E-state index in [-0.39, 0.29) is 12.1 Å². The van der Waals surface area contributed by atoms with Gasteiger partial charge in [0, 0.05) is 24.0 Å². The molecule has 140 valence electrons. The first-order valence-corrected chi connectivity index (χ1v) is 9.58. The number of methoxy groups -OCH3 is 2. The van der Waals surface area contributed by atoms with Crippen LogP contribution < -0.4 is 10.3 Å². The van der Waals surface area contributed by atoms with Crippen molar-refractivity contribution in [1.29, 1.82) is 0 Å². The fourth-order valence-electron chi connectivity index (χ4n) is 3.14. The Balaban J connectivity index is 2.32. The number of nitrogens with zero attached hydrogens (tertiary/aromatic N) is 2. The molecule has 3 rings (SSSR count). The molecule has 1 aromatic carbocycles. The van der Waals surface area contributed by atoms with Crippen LogP contribution in [0.5, 0.6) is 5.75 Å². The zero-order valence-corrected chi connectivity index (χ0v) is 16.6. The first kappa shape index (κ1) is 19.2. The van der Waals surface area contributed by atoms with Crippen molar-refractivity contribution in [2.75, 3.05) is 20.8 Å². The predicted molar refractivity (Wildman–Crippen MR) is 110 cm³/mol. The number of thiophene rings is 1. The normalized spacial score (nSPS) is 10.9. The van der Waals surface area contributed by atoms with Gasteiger partial charge < -0.3 is 9.47 Å². The highest BCUT2D eigenvalue weighted by Gasteiger charge is 2.20. The number of hydrogen-bond acceptors (Lipinski definition) is 5. The molecule has 0 radical (unpaired) electrons. The zero-order valence-electron chi connectivity index (χ0n) is 15.7. The van der Waals surface area contributed by atoms with E-state index in [2.05, 4.69) is 12.8 Å². The average Bonchev–Trinajstić information content (AvgIpc) is 3.07. The summed E-state index contributed by atoms with van der Waals surface area (Å²) in [4.78, 5) is 20.0. The number of benzene rings is 1. The van der Waals surface area contributed by atoms with Crippen LogP contribution in [0.3, 0.4) is 0 Å². The summed E-state index contributed by atoms with van der Waals surface area (Å²) in [5, 5.41) is 0.626. The molecule has 0 N–H and O–H groups in total. The van der Waals surface area contributed by atoms with Gasteiger partial charge in [-0.3, -0.25) is 9.36 Å². The van der Waals surface area contributed by atoms with E-state index in [4.69, 9.17) is 20.9 Å². The maximum absolute atomic E-state index is 13.3. The largest absolute Gasteiger partial charge is 0.497 e. The second-order valence-corrected chi connectivity index (χ2v) is 7.12. The standard InChI is InChI=1S/C21H22N2O3S/c1-5-11-23-17(10-12-25-3)22-20-19(21(23)24)18(16(6-2)27-20)14-8-7-9-15(13-14)26-4/h1,7-9,13H,6,10-12H2,2-4H3. The van der Waals surface area contributed by atoms with Crippen LogP contribution in [0.4, 0.5) is 0 Å². The van der Waals surface area contributed by atoms with Gasteiger partial charge >= 0.3 is 0 Å². The highest BCUT2D eigenvalue weighted by Crippen LogP contribution is 2.37. The zero-order chi connectivity index (χ0) is 19.4. The van der Waals surface area contributed by atoms with Crippen molar-refractivity contribution in [3.63, 3.8) is 0 Å². The fourth-order valence-corrected chi connectivity index (χ4v) is 4.29. The minimum atomic E-state index is -0.0992. The third-order valence-corrected chi connectivity index (χ3v) is 5.65. The molecule has 3 aromatic rings. The van der Waals surface area contributed by atoms with Gasteiger partial charge in [0.25, 0.3) is 5.56 Å². The molecule has 0 aliphatic heterocycles. The van der Waals surface area contributed by atoms with Gasteiger partial charge in [-0.15, -0.1) is 17.8 Å². The molecular weight excluding hydrogens is 360 g/mol. The lowest BCUT2D eigenvalue weighted by Gasteiger charge is -2.11. The van der Waals surface area contributed by atoms with Gasteiger partial charge in [0.1, 0.15) is 16.4 Å². The summed E-state index contributed by atoms with van der Waals surface area (Å²) in [6.45, 7) is 2.76. The van der Waals surface area contributed by atoms with Gasteiger partial charge in [-0.2, -0.15) is 0 Å². The number of terminal acetylenes is 1. The molecule has 0 spiro atoms. The second kappa shape index (κ2) is 8.38. The van der Waals surface area contributed by atoms with Gasteiger partial charge in [-0.1, -0.05) is 25.0 Å². The summed E-state index contributed by atoms with van der Waals surface area (Å²) in [6, 6.07) is 7.76. The van der Waals surface area contributed by atoms with Crippen LogP contribution in [-0.2, 0) is 24.1 Å². The average molecular weight is 382 g/mol. The number of hydrogen-bond donors (Lipinski definition) is 0. The lowest BCUT2D eigenvalue weighted by molar-refractivity contribution is 0.199. The van der Waals surface area contributed by atoms with E-state index in [9.17, 15) is 4.79 Å². The summed E-state index contributed by atoms with van der Waals surface area (Å²) >= 11 is 1.56. The highest BCUT2D eigenvalue weighted by molar-refractivity contribution is 7.19. The van der Waals surface area contributed by atoms with Crippen molar-refractivity contribution in [1.82, 2.24) is 9.55 Å². The third-order valence-electron chi connectivity index (χ3n) is 4.42. The molecule has 6 heteroatoms. The van der Waals surface area contributed by atoms with E-state index < -0.39 is 0 Å². The van der Waals surface area contributed by atoms with Crippen molar-refractivity contribution in [2.45, 2.75) is 26.3 Å². The van der Waals surface area contributed by atoms with Crippen molar-refractivity contribution < 1.29 is 9.47 Å². The predicted octanol–water partition coefficient (Wildman–Crippen LogP) is 3.52. The molecule has 5 nitrogen and oxygen atoms in total. The molecule has 0 unspecified atom stereocenters. The number of aromatic nitrogens is 2. The van der Waals surface area contributed by atoms with Crippen LogP contribution in [-0.4, -0.2) is 30.4 Å². The number of aryl methyl sites for hydroxylation is 1. The maximum atomic E-state index is 13.3. The Morgan fingerprint density at radius 2 is 2.15 bits per heavy atom. The van der Waals surface area contributed by atoms with Crippen molar-refractivity contribution in [3.8, 4) is 29.2 Å². The van der Waals surface area contributed by atoms with Crippen LogP contribution in [0.15, 0.2) is 29.1 Å². The molecule has 0 bridgehead atoms. The summed E-state index contributed by atoms with van der Waals surface area (Å²) < 4.78 is 12.1. The third kappa shape index (κ3) is 3.61. The summed E-state index contributed by atoms with van der Waals surface area (Å²) in [7, 11) is 3.26. The summed E-state index contributed by atoms with van der Waals surface area (Å²) in [5.41, 5.74) is 1.78. The maximum Gasteiger partial charge on any atom is 0.263 e. The molecule has 2 aromatic heterocycles. The molecule has 0 amide bonds. The van der Waals surface area contributed by atoms with Crippen molar-refractivity contribution >= 4 is 21.6 Å². The van der Waals surface area contributed by atoms with Gasteiger partial charge in [0.15, 0.2) is 0 Å². The Kier molecular flexibility index (Phi) is 5.94. The van der Waals surface area contributed by atoms with E-state index in [0.717, 1.165) is 33.0 Å². The van der Waals surface area contributed by atoms with E-state index >= 15 is 0 Å². The summed E-state index contributed by atoms with van der Waals surface area (Å²) in [5.74, 6) is 3.98. The lowest BCUT2D eigenvalue weighted by Crippen LogP contribution is -2.25.